The average Bonchev–Trinajstić information content (AvgIpc) is 2.95. The minimum absolute atomic E-state index is 0.253. The Hall–Kier alpha value is -2.86. The normalized spacial score (nSPS) is 11.0. The van der Waals surface area contributed by atoms with E-state index < -0.39 is 0 Å². The Balaban J connectivity index is 1.79. The minimum Gasteiger partial charge on any atom is -0.378 e. The van der Waals surface area contributed by atoms with Crippen LogP contribution in [0.5, 0.6) is 0 Å². The fourth-order valence-electron chi connectivity index (χ4n) is 3.08. The Kier molecular flexibility index (Phi) is 5.99. The standard InChI is InChI=1S/C22H23BrN4O/c1-15-13-17(14-24-25-22(28)20-7-5-6-8-21(20)23)16(2)27(15)19-11-9-18(10-12-19)26(3)4/h5-14H,1-4H3,(H,25,28)/b24-14-. The molecule has 0 saturated heterocycles. The highest BCUT2D eigenvalue weighted by molar-refractivity contribution is 9.10. The third-order valence-electron chi connectivity index (χ3n) is 4.58. The lowest BCUT2D eigenvalue weighted by Gasteiger charge is -2.14. The van der Waals surface area contributed by atoms with Gasteiger partial charge in [0.15, 0.2) is 0 Å². The van der Waals surface area contributed by atoms with Gasteiger partial charge in [-0.1, -0.05) is 12.1 Å². The number of aromatic nitrogens is 1. The van der Waals surface area contributed by atoms with Crippen LogP contribution in [0.4, 0.5) is 5.69 Å². The molecule has 3 aromatic rings. The molecule has 0 atom stereocenters. The van der Waals surface area contributed by atoms with Crippen LogP contribution in [0.25, 0.3) is 5.69 Å². The van der Waals surface area contributed by atoms with Crippen LogP contribution in [0, 0.1) is 13.8 Å². The van der Waals surface area contributed by atoms with E-state index in [1.165, 1.54) is 0 Å². The number of nitrogens with zero attached hydrogens (tertiary/aromatic N) is 3. The van der Waals surface area contributed by atoms with E-state index >= 15 is 0 Å². The van der Waals surface area contributed by atoms with Crippen molar-refractivity contribution >= 4 is 33.7 Å². The number of aryl methyl sites for hydroxylation is 1. The molecule has 2 aromatic carbocycles. The number of hydrogen-bond acceptors (Lipinski definition) is 3. The van der Waals surface area contributed by atoms with Crippen molar-refractivity contribution in [2.24, 2.45) is 5.10 Å². The van der Waals surface area contributed by atoms with E-state index in [1.54, 1.807) is 12.3 Å². The van der Waals surface area contributed by atoms with Crippen molar-refractivity contribution in [1.82, 2.24) is 9.99 Å². The highest BCUT2D eigenvalue weighted by Gasteiger charge is 2.11. The molecule has 6 heteroatoms. The van der Waals surface area contributed by atoms with E-state index in [0.717, 1.165) is 32.8 Å². The molecule has 0 saturated carbocycles. The van der Waals surface area contributed by atoms with Gasteiger partial charge >= 0.3 is 0 Å². The molecular weight excluding hydrogens is 416 g/mol. The van der Waals surface area contributed by atoms with Gasteiger partial charge in [0.1, 0.15) is 0 Å². The van der Waals surface area contributed by atoms with E-state index in [0.29, 0.717) is 5.56 Å². The van der Waals surface area contributed by atoms with Crippen molar-refractivity contribution in [3.8, 4) is 5.69 Å². The minimum atomic E-state index is -0.253. The third kappa shape index (κ3) is 4.17. The summed E-state index contributed by atoms with van der Waals surface area (Å²) >= 11 is 3.38. The summed E-state index contributed by atoms with van der Waals surface area (Å²) < 4.78 is 2.91. The van der Waals surface area contributed by atoms with Crippen LogP contribution in [0.1, 0.15) is 27.3 Å². The highest BCUT2D eigenvalue weighted by atomic mass is 79.9. The van der Waals surface area contributed by atoms with Crippen LogP contribution in [-0.2, 0) is 0 Å². The van der Waals surface area contributed by atoms with Crippen LogP contribution in [-0.4, -0.2) is 30.8 Å². The number of anilines is 1. The van der Waals surface area contributed by atoms with Gasteiger partial charge in [0.2, 0.25) is 0 Å². The topological polar surface area (TPSA) is 49.6 Å². The van der Waals surface area contributed by atoms with Gasteiger partial charge in [0, 0.05) is 46.9 Å². The molecule has 1 aromatic heterocycles. The molecule has 0 radical (unpaired) electrons. The smallest absolute Gasteiger partial charge is 0.272 e. The van der Waals surface area contributed by atoms with Crippen molar-refractivity contribution in [2.45, 2.75) is 13.8 Å². The van der Waals surface area contributed by atoms with Gasteiger partial charge in [-0.25, -0.2) is 5.43 Å². The van der Waals surface area contributed by atoms with Crippen molar-refractivity contribution < 1.29 is 4.79 Å². The van der Waals surface area contributed by atoms with E-state index in [1.807, 2.05) is 39.2 Å². The predicted molar refractivity (Wildman–Crippen MR) is 119 cm³/mol. The second-order valence-corrected chi connectivity index (χ2v) is 7.61. The summed E-state index contributed by atoms with van der Waals surface area (Å²) in [6, 6.07) is 17.7. The molecule has 5 nitrogen and oxygen atoms in total. The molecule has 28 heavy (non-hydrogen) atoms. The Bertz CT molecular complexity index is 1020. The number of carbonyl (C=O) groups is 1. The number of hydrogen-bond donors (Lipinski definition) is 1. The summed E-state index contributed by atoms with van der Waals surface area (Å²) in [5.74, 6) is -0.253. The second kappa shape index (κ2) is 8.44. The fourth-order valence-corrected chi connectivity index (χ4v) is 3.55. The molecule has 0 fully saturated rings. The van der Waals surface area contributed by atoms with Crippen LogP contribution in [0.3, 0.4) is 0 Å². The van der Waals surface area contributed by atoms with Gasteiger partial charge in [0.05, 0.1) is 11.8 Å². The van der Waals surface area contributed by atoms with Gasteiger partial charge in [-0.05, 0) is 72.2 Å². The maximum Gasteiger partial charge on any atom is 0.272 e. The summed E-state index contributed by atoms with van der Waals surface area (Å²) in [5.41, 5.74) is 8.52. The molecule has 1 heterocycles. The van der Waals surface area contributed by atoms with E-state index in [4.69, 9.17) is 0 Å². The van der Waals surface area contributed by atoms with E-state index in [9.17, 15) is 4.79 Å². The van der Waals surface area contributed by atoms with E-state index in [-0.39, 0.29) is 5.91 Å². The molecule has 3 rings (SSSR count). The van der Waals surface area contributed by atoms with Crippen molar-refractivity contribution in [1.29, 1.82) is 0 Å². The summed E-state index contributed by atoms with van der Waals surface area (Å²) in [7, 11) is 4.05. The molecule has 0 aliphatic carbocycles. The molecule has 0 aliphatic rings. The number of benzene rings is 2. The van der Waals surface area contributed by atoms with Gasteiger partial charge in [0.25, 0.3) is 5.91 Å². The highest BCUT2D eigenvalue weighted by Crippen LogP contribution is 2.22. The first-order valence-electron chi connectivity index (χ1n) is 8.93. The summed E-state index contributed by atoms with van der Waals surface area (Å²) in [5, 5.41) is 4.14. The van der Waals surface area contributed by atoms with Crippen LogP contribution < -0.4 is 10.3 Å². The molecular formula is C22H23BrN4O. The van der Waals surface area contributed by atoms with Crippen LogP contribution >= 0.6 is 15.9 Å². The lowest BCUT2D eigenvalue weighted by atomic mass is 10.2. The van der Waals surface area contributed by atoms with Gasteiger partial charge in [-0.2, -0.15) is 5.10 Å². The molecule has 1 amide bonds. The zero-order valence-electron chi connectivity index (χ0n) is 16.4. The third-order valence-corrected chi connectivity index (χ3v) is 5.27. The lowest BCUT2D eigenvalue weighted by Crippen LogP contribution is -2.18. The molecule has 0 spiro atoms. The number of hydrazone groups is 1. The maximum absolute atomic E-state index is 12.3. The van der Waals surface area contributed by atoms with Crippen LogP contribution in [0.2, 0.25) is 0 Å². The first kappa shape index (κ1) is 19.9. The number of rotatable bonds is 5. The molecule has 1 N–H and O–H groups in total. The first-order valence-corrected chi connectivity index (χ1v) is 9.72. The summed E-state index contributed by atoms with van der Waals surface area (Å²) in [6.45, 7) is 4.10. The molecule has 0 aliphatic heterocycles. The SMILES string of the molecule is Cc1cc(/C=N\NC(=O)c2ccccc2Br)c(C)n1-c1ccc(N(C)C)cc1. The van der Waals surface area contributed by atoms with Gasteiger partial charge in [-0.3, -0.25) is 4.79 Å². The summed E-state index contributed by atoms with van der Waals surface area (Å²) in [4.78, 5) is 14.3. The average molecular weight is 439 g/mol. The molecule has 144 valence electrons. The quantitative estimate of drug-likeness (QED) is 0.464. The number of halogens is 1. The second-order valence-electron chi connectivity index (χ2n) is 6.75. The van der Waals surface area contributed by atoms with Crippen molar-refractivity contribution in [2.75, 3.05) is 19.0 Å². The van der Waals surface area contributed by atoms with Crippen LogP contribution in [0.15, 0.2) is 64.2 Å². The lowest BCUT2D eigenvalue weighted by molar-refractivity contribution is 0.0954. The molecule has 0 unspecified atom stereocenters. The Morgan fingerprint density at radius 1 is 1.11 bits per heavy atom. The van der Waals surface area contributed by atoms with Crippen molar-refractivity contribution in [3.63, 3.8) is 0 Å². The summed E-state index contributed by atoms with van der Waals surface area (Å²) in [6.07, 6.45) is 1.68. The Morgan fingerprint density at radius 2 is 1.79 bits per heavy atom. The van der Waals surface area contributed by atoms with E-state index in [2.05, 4.69) is 73.2 Å². The zero-order valence-corrected chi connectivity index (χ0v) is 18.0. The maximum atomic E-state index is 12.3. The van der Waals surface area contributed by atoms with Gasteiger partial charge < -0.3 is 9.47 Å². The fraction of sp³-hybridized carbons (Fsp3) is 0.182. The number of carbonyl (C=O) groups excluding carboxylic acids is 1. The number of nitrogens with one attached hydrogen (secondary N) is 1. The monoisotopic (exact) mass is 438 g/mol. The van der Waals surface area contributed by atoms with Crippen molar-refractivity contribution in [3.05, 3.63) is 81.6 Å². The predicted octanol–water partition coefficient (Wildman–Crippen LogP) is 4.69. The Labute approximate surface area is 173 Å². The van der Waals surface area contributed by atoms with Gasteiger partial charge in [-0.15, -0.1) is 0 Å². The largest absolute Gasteiger partial charge is 0.378 e. The first-order chi connectivity index (χ1) is 13.4. The Morgan fingerprint density at radius 3 is 2.43 bits per heavy atom. The number of amides is 1. The molecule has 0 bridgehead atoms. The zero-order chi connectivity index (χ0) is 20.3.